The normalized spacial score (nSPS) is 32.9. The molecule has 0 aromatic heterocycles. The molecular formula is C16H26O8. The van der Waals surface area contributed by atoms with Gasteiger partial charge < -0.3 is 35.0 Å². The molecule has 1 rings (SSSR count). The second-order valence-corrected chi connectivity index (χ2v) is 5.92. The van der Waals surface area contributed by atoms with Crippen LogP contribution in [0.3, 0.4) is 0 Å². The van der Waals surface area contributed by atoms with Crippen molar-refractivity contribution in [3.8, 4) is 0 Å². The number of aliphatic hydroxyl groups is 4. The monoisotopic (exact) mass is 346 g/mol. The van der Waals surface area contributed by atoms with E-state index in [1.807, 2.05) is 0 Å². The largest absolute Gasteiger partial charge is 0.481 e. The van der Waals surface area contributed by atoms with Crippen molar-refractivity contribution in [2.75, 3.05) is 13.2 Å². The second-order valence-electron chi connectivity index (χ2n) is 5.92. The van der Waals surface area contributed by atoms with Gasteiger partial charge in [0.2, 0.25) is 0 Å². The molecule has 0 aliphatic carbocycles. The first-order valence-electron chi connectivity index (χ1n) is 7.75. The summed E-state index contributed by atoms with van der Waals surface area (Å²) >= 11 is 0. The van der Waals surface area contributed by atoms with Gasteiger partial charge in [0.15, 0.2) is 6.29 Å². The lowest BCUT2D eigenvalue weighted by Gasteiger charge is -2.39. The van der Waals surface area contributed by atoms with E-state index in [1.54, 1.807) is 32.1 Å². The number of rotatable bonds is 8. The van der Waals surface area contributed by atoms with Gasteiger partial charge >= 0.3 is 5.97 Å². The van der Waals surface area contributed by atoms with Crippen LogP contribution in [0.2, 0.25) is 0 Å². The molecule has 8 heteroatoms. The average molecular weight is 346 g/mol. The Hall–Kier alpha value is -1.29. The molecule has 1 aliphatic rings. The van der Waals surface area contributed by atoms with E-state index in [0.717, 1.165) is 5.57 Å². The zero-order chi connectivity index (χ0) is 18.3. The van der Waals surface area contributed by atoms with Gasteiger partial charge in [-0.3, -0.25) is 4.79 Å². The van der Waals surface area contributed by atoms with Gasteiger partial charge in [-0.25, -0.2) is 0 Å². The Balaban J connectivity index is 2.47. The summed E-state index contributed by atoms with van der Waals surface area (Å²) in [5.41, 5.74) is 0.784. The number of aliphatic carboxylic acids is 1. The molecule has 0 aromatic rings. The summed E-state index contributed by atoms with van der Waals surface area (Å²) in [5, 5.41) is 47.0. The average Bonchev–Trinajstić information content (AvgIpc) is 2.55. The molecule has 0 unspecified atom stereocenters. The first-order chi connectivity index (χ1) is 11.3. The highest BCUT2D eigenvalue weighted by atomic mass is 16.7. The molecule has 24 heavy (non-hydrogen) atoms. The van der Waals surface area contributed by atoms with Gasteiger partial charge in [-0.05, 0) is 18.9 Å². The SMILES string of the molecule is C/C(=C\C=C\C[C@H](C)C(=O)O)CO[C@@H]1O[C@H](CO)[C@@H](O)[C@H](O)[C@H]1O. The highest BCUT2D eigenvalue weighted by Gasteiger charge is 2.43. The molecule has 1 aliphatic heterocycles. The molecule has 5 N–H and O–H groups in total. The molecule has 1 heterocycles. The van der Waals surface area contributed by atoms with Crippen LogP contribution in [-0.2, 0) is 14.3 Å². The summed E-state index contributed by atoms with van der Waals surface area (Å²) in [4.78, 5) is 10.7. The van der Waals surface area contributed by atoms with Gasteiger partial charge in [0.05, 0.1) is 19.1 Å². The van der Waals surface area contributed by atoms with Gasteiger partial charge in [-0.1, -0.05) is 25.2 Å². The molecule has 1 saturated heterocycles. The van der Waals surface area contributed by atoms with Crippen molar-refractivity contribution in [1.82, 2.24) is 0 Å². The first kappa shape index (κ1) is 20.8. The number of carboxylic acids is 1. The third kappa shape index (κ3) is 5.97. The number of aliphatic hydroxyl groups excluding tert-OH is 4. The fourth-order valence-corrected chi connectivity index (χ4v) is 2.08. The van der Waals surface area contributed by atoms with Gasteiger partial charge in [0.1, 0.15) is 24.4 Å². The Kier molecular flexibility index (Phi) is 8.54. The fraction of sp³-hybridized carbons (Fsp3) is 0.688. The smallest absolute Gasteiger partial charge is 0.306 e. The van der Waals surface area contributed by atoms with Gasteiger partial charge in [0.25, 0.3) is 0 Å². The van der Waals surface area contributed by atoms with Crippen LogP contribution in [0, 0.1) is 5.92 Å². The topological polar surface area (TPSA) is 137 Å². The quantitative estimate of drug-likeness (QED) is 0.368. The van der Waals surface area contributed by atoms with Crippen molar-refractivity contribution in [3.05, 3.63) is 23.8 Å². The van der Waals surface area contributed by atoms with E-state index in [2.05, 4.69) is 0 Å². The van der Waals surface area contributed by atoms with Crippen molar-refractivity contribution in [2.24, 2.45) is 5.92 Å². The molecule has 1 fully saturated rings. The maximum Gasteiger partial charge on any atom is 0.306 e. The Labute approximate surface area is 140 Å². The number of hydrogen-bond acceptors (Lipinski definition) is 7. The molecule has 0 bridgehead atoms. The van der Waals surface area contributed by atoms with Crippen LogP contribution < -0.4 is 0 Å². The van der Waals surface area contributed by atoms with E-state index in [1.165, 1.54) is 0 Å². The number of hydrogen-bond donors (Lipinski definition) is 5. The summed E-state index contributed by atoms with van der Waals surface area (Å²) in [6.45, 7) is 2.98. The molecule has 138 valence electrons. The minimum absolute atomic E-state index is 0.0987. The van der Waals surface area contributed by atoms with Gasteiger partial charge in [0, 0.05) is 0 Å². The number of carbonyl (C=O) groups is 1. The lowest BCUT2D eigenvalue weighted by atomic mass is 9.99. The minimum atomic E-state index is -1.47. The van der Waals surface area contributed by atoms with E-state index < -0.39 is 49.2 Å². The van der Waals surface area contributed by atoms with Crippen LogP contribution in [0.5, 0.6) is 0 Å². The fourth-order valence-electron chi connectivity index (χ4n) is 2.08. The first-order valence-corrected chi connectivity index (χ1v) is 7.75. The van der Waals surface area contributed by atoms with Gasteiger partial charge in [-0.2, -0.15) is 0 Å². The highest BCUT2D eigenvalue weighted by Crippen LogP contribution is 2.22. The van der Waals surface area contributed by atoms with Crippen molar-refractivity contribution in [2.45, 2.75) is 51.0 Å². The Bertz CT molecular complexity index is 459. The second kappa shape index (κ2) is 9.87. The predicted molar refractivity (Wildman–Crippen MR) is 84.0 cm³/mol. The van der Waals surface area contributed by atoms with Gasteiger partial charge in [-0.15, -0.1) is 0 Å². The summed E-state index contributed by atoms with van der Waals surface area (Å²) in [7, 11) is 0. The van der Waals surface area contributed by atoms with E-state index in [9.17, 15) is 20.1 Å². The van der Waals surface area contributed by atoms with Crippen LogP contribution in [0.4, 0.5) is 0 Å². The third-order valence-corrected chi connectivity index (χ3v) is 3.75. The number of allylic oxidation sites excluding steroid dienone is 3. The van der Waals surface area contributed by atoms with E-state index in [0.29, 0.717) is 6.42 Å². The Morgan fingerprint density at radius 1 is 1.25 bits per heavy atom. The molecular weight excluding hydrogens is 320 g/mol. The van der Waals surface area contributed by atoms with Crippen LogP contribution in [0.1, 0.15) is 20.3 Å². The van der Waals surface area contributed by atoms with Crippen LogP contribution in [0.15, 0.2) is 23.8 Å². The lowest BCUT2D eigenvalue weighted by Crippen LogP contribution is -2.59. The molecule has 0 aromatic carbocycles. The predicted octanol–water partition coefficient (Wildman–Crippen LogP) is -0.584. The molecule has 8 nitrogen and oxygen atoms in total. The lowest BCUT2D eigenvalue weighted by molar-refractivity contribution is -0.299. The highest BCUT2D eigenvalue weighted by molar-refractivity contribution is 5.69. The van der Waals surface area contributed by atoms with E-state index in [-0.39, 0.29) is 6.61 Å². The number of carboxylic acid groups (broad SMARTS) is 1. The standard InChI is InChI=1S/C16H26O8/c1-9(5-3-4-6-10(2)15(21)22)8-23-16-14(20)13(19)12(18)11(7-17)24-16/h3-5,10-14,16-20H,6-8H2,1-2H3,(H,21,22)/b4-3+,9-5+/t10-,11+,12+,13-,14+,16+/m0/s1. The van der Waals surface area contributed by atoms with E-state index >= 15 is 0 Å². The molecule has 0 spiro atoms. The number of ether oxygens (including phenoxy) is 2. The minimum Gasteiger partial charge on any atom is -0.481 e. The van der Waals surface area contributed by atoms with Crippen molar-refractivity contribution in [1.29, 1.82) is 0 Å². The maximum absolute atomic E-state index is 10.7. The summed E-state index contributed by atoms with van der Waals surface area (Å²) < 4.78 is 10.6. The zero-order valence-electron chi connectivity index (χ0n) is 13.8. The summed E-state index contributed by atoms with van der Waals surface area (Å²) in [6, 6.07) is 0. The zero-order valence-corrected chi connectivity index (χ0v) is 13.8. The third-order valence-electron chi connectivity index (χ3n) is 3.75. The Morgan fingerprint density at radius 2 is 1.92 bits per heavy atom. The van der Waals surface area contributed by atoms with Crippen LogP contribution in [0.25, 0.3) is 0 Å². The van der Waals surface area contributed by atoms with Crippen LogP contribution in [-0.4, -0.2) is 75.4 Å². The van der Waals surface area contributed by atoms with Crippen molar-refractivity contribution < 1.29 is 39.8 Å². The van der Waals surface area contributed by atoms with E-state index in [4.69, 9.17) is 19.7 Å². The molecule has 0 saturated carbocycles. The summed E-state index contributed by atoms with van der Waals surface area (Å²) in [5.74, 6) is -1.31. The maximum atomic E-state index is 10.7. The Morgan fingerprint density at radius 3 is 2.50 bits per heavy atom. The summed E-state index contributed by atoms with van der Waals surface area (Å²) in [6.07, 6.45) is -0.895. The molecule has 0 amide bonds. The van der Waals surface area contributed by atoms with Crippen LogP contribution >= 0.6 is 0 Å². The van der Waals surface area contributed by atoms with Crippen molar-refractivity contribution in [3.63, 3.8) is 0 Å². The van der Waals surface area contributed by atoms with Crippen molar-refractivity contribution >= 4 is 5.97 Å². The molecule has 0 radical (unpaired) electrons. The molecule has 6 atom stereocenters.